The third kappa shape index (κ3) is 5.70. The zero-order valence-corrected chi connectivity index (χ0v) is 14.6. The van der Waals surface area contributed by atoms with Gasteiger partial charge in [-0.2, -0.15) is 0 Å². The highest BCUT2D eigenvalue weighted by Crippen LogP contribution is 2.17. The maximum atomic E-state index is 13.0. The average molecular weight is 357 g/mol. The first kappa shape index (κ1) is 19.1. The fraction of sp³-hybridized carbons (Fsp3) is 0.211. The summed E-state index contributed by atoms with van der Waals surface area (Å²) in [5.74, 6) is -1.06. The predicted octanol–water partition coefficient (Wildman–Crippen LogP) is 3.17. The summed E-state index contributed by atoms with van der Waals surface area (Å²) in [4.78, 5) is 36.3. The molecule has 0 aliphatic carbocycles. The van der Waals surface area contributed by atoms with Crippen LogP contribution in [0.4, 0.5) is 21.5 Å². The number of nitrogens with one attached hydrogen (secondary N) is 2. The molecule has 0 aromatic heterocycles. The Bertz CT molecular complexity index is 789. The van der Waals surface area contributed by atoms with Crippen molar-refractivity contribution in [3.8, 4) is 0 Å². The second-order valence-electron chi connectivity index (χ2n) is 5.70. The van der Waals surface area contributed by atoms with Crippen molar-refractivity contribution in [3.05, 3.63) is 54.3 Å². The lowest BCUT2D eigenvalue weighted by Gasteiger charge is -2.21. The average Bonchev–Trinajstić information content (AvgIpc) is 2.57. The zero-order chi connectivity index (χ0) is 19.1. The van der Waals surface area contributed by atoms with Crippen LogP contribution in [0.25, 0.3) is 0 Å². The number of anilines is 3. The minimum Gasteiger partial charge on any atom is -0.326 e. The van der Waals surface area contributed by atoms with E-state index in [1.807, 2.05) is 0 Å². The topological polar surface area (TPSA) is 78.5 Å². The van der Waals surface area contributed by atoms with Crippen molar-refractivity contribution >= 4 is 34.8 Å². The van der Waals surface area contributed by atoms with E-state index in [2.05, 4.69) is 10.6 Å². The third-order valence-electron chi connectivity index (χ3n) is 3.57. The number of nitrogens with zero attached hydrogens (tertiary/aromatic N) is 1. The van der Waals surface area contributed by atoms with E-state index in [1.54, 1.807) is 24.3 Å². The molecular weight excluding hydrogens is 337 g/mol. The molecule has 2 aromatic carbocycles. The van der Waals surface area contributed by atoms with Gasteiger partial charge in [0.15, 0.2) is 0 Å². The zero-order valence-electron chi connectivity index (χ0n) is 14.6. The predicted molar refractivity (Wildman–Crippen MR) is 98.4 cm³/mol. The Morgan fingerprint density at radius 2 is 1.42 bits per heavy atom. The summed E-state index contributed by atoms with van der Waals surface area (Å²) in [5, 5.41) is 5.37. The molecule has 0 aliphatic rings. The van der Waals surface area contributed by atoms with E-state index in [0.717, 1.165) is 0 Å². The van der Waals surface area contributed by atoms with Gasteiger partial charge in [0.05, 0.1) is 0 Å². The molecule has 2 aromatic rings. The molecule has 0 aliphatic heterocycles. The minimum absolute atomic E-state index is 0.0877. The summed E-state index contributed by atoms with van der Waals surface area (Å²) in [6.07, 6.45) is 0.0877. The monoisotopic (exact) mass is 357 g/mol. The Kier molecular flexibility index (Phi) is 6.43. The van der Waals surface area contributed by atoms with Gasteiger partial charge < -0.3 is 15.5 Å². The van der Waals surface area contributed by atoms with Crippen molar-refractivity contribution in [3.63, 3.8) is 0 Å². The molecule has 136 valence electrons. The lowest BCUT2D eigenvalue weighted by molar-refractivity contribution is -0.117. The molecule has 2 rings (SSSR count). The number of hydrogen-bond donors (Lipinski definition) is 2. The molecule has 0 heterocycles. The number of hydrogen-bond acceptors (Lipinski definition) is 3. The Labute approximate surface area is 151 Å². The fourth-order valence-electron chi connectivity index (χ4n) is 2.37. The quantitative estimate of drug-likeness (QED) is 0.833. The van der Waals surface area contributed by atoms with E-state index in [9.17, 15) is 18.8 Å². The van der Waals surface area contributed by atoms with E-state index in [1.165, 1.54) is 43.0 Å². The summed E-state index contributed by atoms with van der Waals surface area (Å²) in [6.45, 7) is 2.98. The largest absolute Gasteiger partial charge is 0.326 e. The van der Waals surface area contributed by atoms with Gasteiger partial charge in [-0.1, -0.05) is 0 Å². The third-order valence-corrected chi connectivity index (χ3v) is 3.57. The molecule has 0 bridgehead atoms. The van der Waals surface area contributed by atoms with Gasteiger partial charge in [-0.25, -0.2) is 4.39 Å². The molecule has 0 spiro atoms. The van der Waals surface area contributed by atoms with Crippen LogP contribution in [0.3, 0.4) is 0 Å². The van der Waals surface area contributed by atoms with Crippen molar-refractivity contribution in [2.24, 2.45) is 0 Å². The lowest BCUT2D eigenvalue weighted by atomic mass is 10.2. The van der Waals surface area contributed by atoms with Gasteiger partial charge >= 0.3 is 0 Å². The van der Waals surface area contributed by atoms with Crippen molar-refractivity contribution in [1.82, 2.24) is 0 Å². The molecule has 0 saturated heterocycles. The first-order valence-corrected chi connectivity index (χ1v) is 8.06. The van der Waals surface area contributed by atoms with Gasteiger partial charge in [-0.15, -0.1) is 0 Å². The van der Waals surface area contributed by atoms with E-state index < -0.39 is 5.82 Å². The van der Waals surface area contributed by atoms with Crippen LogP contribution >= 0.6 is 0 Å². The summed E-state index contributed by atoms with van der Waals surface area (Å²) in [6, 6.07) is 12.2. The van der Waals surface area contributed by atoms with E-state index in [-0.39, 0.29) is 30.7 Å². The molecule has 0 unspecified atom stereocenters. The summed E-state index contributed by atoms with van der Waals surface area (Å²) >= 11 is 0. The van der Waals surface area contributed by atoms with Crippen LogP contribution in [0.5, 0.6) is 0 Å². The maximum absolute atomic E-state index is 13.0. The van der Waals surface area contributed by atoms with Crippen LogP contribution in [0.1, 0.15) is 20.3 Å². The Morgan fingerprint density at radius 1 is 0.885 bits per heavy atom. The molecule has 7 heteroatoms. The number of halogens is 1. The Balaban J connectivity index is 1.92. The van der Waals surface area contributed by atoms with Crippen LogP contribution < -0.4 is 15.5 Å². The van der Waals surface area contributed by atoms with Crippen LogP contribution in [0, 0.1) is 5.82 Å². The number of carbonyl (C=O) groups excluding carboxylic acids is 3. The van der Waals surface area contributed by atoms with Gasteiger partial charge in [0.1, 0.15) is 5.82 Å². The highest BCUT2D eigenvalue weighted by Gasteiger charge is 2.13. The summed E-state index contributed by atoms with van der Waals surface area (Å²) in [7, 11) is 0. The molecular formula is C19H20FN3O3. The number of amides is 3. The number of rotatable bonds is 6. The molecule has 3 amide bonds. The Hall–Kier alpha value is -3.22. The number of carbonyl (C=O) groups is 3. The number of benzene rings is 2. The standard InChI is InChI=1S/C19H20FN3O3/c1-13(24)21-16-5-7-17(8-6-16)22-19(26)11-12-23(14(2)25)18-9-3-15(20)4-10-18/h3-10H,11-12H2,1-2H3,(H,21,24)(H,22,26). The van der Waals surface area contributed by atoms with Gasteiger partial charge in [0.2, 0.25) is 17.7 Å². The molecule has 0 fully saturated rings. The summed E-state index contributed by atoms with van der Waals surface area (Å²) < 4.78 is 13.0. The molecule has 6 nitrogen and oxygen atoms in total. The fourth-order valence-corrected chi connectivity index (χ4v) is 2.37. The van der Waals surface area contributed by atoms with Crippen molar-refractivity contribution in [2.75, 3.05) is 22.1 Å². The maximum Gasteiger partial charge on any atom is 0.226 e. The van der Waals surface area contributed by atoms with E-state index >= 15 is 0 Å². The van der Waals surface area contributed by atoms with Gasteiger partial charge in [-0.3, -0.25) is 14.4 Å². The smallest absolute Gasteiger partial charge is 0.226 e. The SMILES string of the molecule is CC(=O)Nc1ccc(NC(=O)CCN(C(C)=O)c2ccc(F)cc2)cc1. The first-order chi connectivity index (χ1) is 12.3. The van der Waals surface area contributed by atoms with Gasteiger partial charge in [0, 0.05) is 43.9 Å². The molecule has 2 N–H and O–H groups in total. The van der Waals surface area contributed by atoms with E-state index in [4.69, 9.17) is 0 Å². The molecule has 26 heavy (non-hydrogen) atoms. The summed E-state index contributed by atoms with van der Waals surface area (Å²) in [5.41, 5.74) is 1.75. The molecule has 0 saturated carbocycles. The van der Waals surface area contributed by atoms with Crippen LogP contribution in [-0.2, 0) is 14.4 Å². The highest BCUT2D eigenvalue weighted by atomic mass is 19.1. The van der Waals surface area contributed by atoms with Crippen LogP contribution in [0.2, 0.25) is 0 Å². The second kappa shape index (κ2) is 8.75. The lowest BCUT2D eigenvalue weighted by Crippen LogP contribution is -2.31. The molecule has 0 atom stereocenters. The Morgan fingerprint density at radius 3 is 1.92 bits per heavy atom. The molecule has 0 radical (unpaired) electrons. The minimum atomic E-state index is -0.391. The van der Waals surface area contributed by atoms with Crippen molar-refractivity contribution in [2.45, 2.75) is 20.3 Å². The van der Waals surface area contributed by atoms with Crippen molar-refractivity contribution in [1.29, 1.82) is 0 Å². The highest BCUT2D eigenvalue weighted by molar-refractivity contribution is 5.95. The second-order valence-corrected chi connectivity index (χ2v) is 5.70. The van der Waals surface area contributed by atoms with Crippen molar-refractivity contribution < 1.29 is 18.8 Å². The van der Waals surface area contributed by atoms with Crippen LogP contribution in [0.15, 0.2) is 48.5 Å². The van der Waals surface area contributed by atoms with Gasteiger partial charge in [0.25, 0.3) is 0 Å². The van der Waals surface area contributed by atoms with Gasteiger partial charge in [-0.05, 0) is 48.5 Å². The normalized spacial score (nSPS) is 10.1. The van der Waals surface area contributed by atoms with Crippen LogP contribution in [-0.4, -0.2) is 24.3 Å². The van der Waals surface area contributed by atoms with E-state index in [0.29, 0.717) is 17.1 Å². The first-order valence-electron chi connectivity index (χ1n) is 8.06.